The molecule has 2 amide bonds. The third kappa shape index (κ3) is 3.37. The molecule has 2 aliphatic heterocycles. The number of pyridine rings is 1. The van der Waals surface area contributed by atoms with E-state index < -0.39 is 0 Å². The van der Waals surface area contributed by atoms with E-state index in [2.05, 4.69) is 4.98 Å². The van der Waals surface area contributed by atoms with Gasteiger partial charge in [-0.05, 0) is 36.4 Å². The molecule has 1 atom stereocenters. The van der Waals surface area contributed by atoms with Gasteiger partial charge in [-0.15, -0.1) is 0 Å². The van der Waals surface area contributed by atoms with Crippen LogP contribution in [0.15, 0.2) is 48.8 Å². The lowest BCUT2D eigenvalue weighted by molar-refractivity contribution is -0.144. The van der Waals surface area contributed by atoms with Crippen molar-refractivity contribution >= 4 is 29.1 Å². The Morgan fingerprint density at radius 1 is 1.15 bits per heavy atom. The van der Waals surface area contributed by atoms with Gasteiger partial charge in [0.1, 0.15) is 11.9 Å². The maximum absolute atomic E-state index is 12.7. The van der Waals surface area contributed by atoms with Gasteiger partial charge in [0.05, 0.1) is 25.2 Å². The van der Waals surface area contributed by atoms with Crippen molar-refractivity contribution < 1.29 is 14.3 Å². The first kappa shape index (κ1) is 16.8. The van der Waals surface area contributed by atoms with Crippen LogP contribution < -0.4 is 9.64 Å². The zero-order chi connectivity index (χ0) is 18.1. The molecule has 2 saturated heterocycles. The van der Waals surface area contributed by atoms with Crippen LogP contribution in [-0.2, 0) is 9.59 Å². The predicted molar refractivity (Wildman–Crippen MR) is 97.1 cm³/mol. The Hall–Kier alpha value is -2.60. The maximum atomic E-state index is 12.7. The molecule has 0 spiro atoms. The van der Waals surface area contributed by atoms with E-state index >= 15 is 0 Å². The van der Waals surface area contributed by atoms with Crippen molar-refractivity contribution in [2.75, 3.05) is 24.5 Å². The van der Waals surface area contributed by atoms with Crippen LogP contribution in [0.5, 0.6) is 5.75 Å². The molecule has 0 bridgehead atoms. The van der Waals surface area contributed by atoms with Crippen LogP contribution in [0.1, 0.15) is 6.42 Å². The number of amides is 2. The molecule has 6 nitrogen and oxygen atoms in total. The van der Waals surface area contributed by atoms with Crippen LogP contribution in [0.25, 0.3) is 0 Å². The number of aromatic nitrogens is 1. The predicted octanol–water partition coefficient (Wildman–Crippen LogP) is 2.38. The minimum Gasteiger partial charge on any atom is -0.485 e. The summed E-state index contributed by atoms with van der Waals surface area (Å²) in [5, 5.41) is 0.619. The summed E-state index contributed by atoms with van der Waals surface area (Å²) in [7, 11) is 0. The number of carbonyl (C=O) groups excluding carboxylic acids is 2. The van der Waals surface area contributed by atoms with Gasteiger partial charge in [0, 0.05) is 29.9 Å². The van der Waals surface area contributed by atoms with Crippen molar-refractivity contribution in [1.29, 1.82) is 0 Å². The summed E-state index contributed by atoms with van der Waals surface area (Å²) in [5.41, 5.74) is 0.774. The Balaban J connectivity index is 1.32. The van der Waals surface area contributed by atoms with Gasteiger partial charge in [0.25, 0.3) is 0 Å². The van der Waals surface area contributed by atoms with Crippen LogP contribution in [0.2, 0.25) is 5.02 Å². The second kappa shape index (κ2) is 6.96. The molecular weight excluding hydrogens is 354 g/mol. The Kier molecular flexibility index (Phi) is 4.51. The summed E-state index contributed by atoms with van der Waals surface area (Å²) < 4.78 is 5.77. The highest BCUT2D eigenvalue weighted by molar-refractivity contribution is 6.30. The van der Waals surface area contributed by atoms with Gasteiger partial charge in [0.15, 0.2) is 0 Å². The summed E-state index contributed by atoms with van der Waals surface area (Å²) in [4.78, 5) is 32.4. The summed E-state index contributed by atoms with van der Waals surface area (Å²) in [6.07, 6.45) is 3.57. The quantitative estimate of drug-likeness (QED) is 0.827. The number of carbonyl (C=O) groups is 2. The largest absolute Gasteiger partial charge is 0.485 e. The highest BCUT2D eigenvalue weighted by Crippen LogP contribution is 2.29. The summed E-state index contributed by atoms with van der Waals surface area (Å²) in [6, 6.07) is 10.7. The lowest BCUT2D eigenvalue weighted by Gasteiger charge is -2.40. The number of nitrogens with zero attached hydrogens (tertiary/aromatic N) is 3. The average molecular weight is 372 g/mol. The van der Waals surface area contributed by atoms with Gasteiger partial charge < -0.3 is 14.5 Å². The fourth-order valence-corrected chi connectivity index (χ4v) is 3.43. The van der Waals surface area contributed by atoms with Gasteiger partial charge in [-0.25, -0.2) is 0 Å². The highest BCUT2D eigenvalue weighted by atomic mass is 35.5. The molecule has 134 valence electrons. The minimum absolute atomic E-state index is 0.0147. The third-order valence-corrected chi connectivity index (χ3v) is 4.96. The van der Waals surface area contributed by atoms with E-state index in [1.54, 1.807) is 46.5 Å². The van der Waals surface area contributed by atoms with Gasteiger partial charge in [0.2, 0.25) is 11.8 Å². The van der Waals surface area contributed by atoms with Crippen molar-refractivity contribution in [3.05, 3.63) is 53.8 Å². The summed E-state index contributed by atoms with van der Waals surface area (Å²) in [6.45, 7) is 1.49. The van der Waals surface area contributed by atoms with Crippen LogP contribution in [-0.4, -0.2) is 47.4 Å². The molecule has 0 radical (unpaired) electrons. The maximum Gasteiger partial charge on any atom is 0.228 e. The fraction of sp³-hybridized carbons (Fsp3) is 0.316. The molecule has 4 rings (SSSR count). The normalized spacial score (nSPS) is 20.2. The van der Waals surface area contributed by atoms with Crippen LogP contribution in [0.4, 0.5) is 5.69 Å². The first-order chi connectivity index (χ1) is 12.6. The number of anilines is 1. The smallest absolute Gasteiger partial charge is 0.228 e. The van der Waals surface area contributed by atoms with Crippen molar-refractivity contribution in [3.8, 4) is 5.75 Å². The molecule has 2 aliphatic rings. The van der Waals surface area contributed by atoms with E-state index in [4.69, 9.17) is 16.3 Å². The Morgan fingerprint density at radius 3 is 2.62 bits per heavy atom. The van der Waals surface area contributed by atoms with Gasteiger partial charge in [-0.1, -0.05) is 11.6 Å². The van der Waals surface area contributed by atoms with E-state index in [1.165, 1.54) is 0 Å². The zero-order valence-corrected chi connectivity index (χ0v) is 14.8. The summed E-state index contributed by atoms with van der Waals surface area (Å²) in [5.74, 6) is 0.377. The second-order valence-electron chi connectivity index (χ2n) is 6.55. The van der Waals surface area contributed by atoms with Crippen molar-refractivity contribution in [3.63, 3.8) is 0 Å². The number of hydrogen-bond acceptors (Lipinski definition) is 4. The van der Waals surface area contributed by atoms with Crippen molar-refractivity contribution in [2.24, 2.45) is 5.92 Å². The molecule has 3 heterocycles. The number of hydrogen-bond donors (Lipinski definition) is 0. The highest BCUT2D eigenvalue weighted by Gasteiger charge is 2.41. The van der Waals surface area contributed by atoms with Crippen LogP contribution in [0.3, 0.4) is 0 Å². The number of rotatable bonds is 4. The van der Waals surface area contributed by atoms with E-state index in [1.807, 2.05) is 12.1 Å². The topological polar surface area (TPSA) is 62.7 Å². The molecule has 7 heteroatoms. The van der Waals surface area contributed by atoms with E-state index in [0.29, 0.717) is 30.4 Å². The lowest BCUT2D eigenvalue weighted by atomic mass is 10.0. The molecule has 0 N–H and O–H groups in total. The fourth-order valence-electron chi connectivity index (χ4n) is 3.30. The second-order valence-corrected chi connectivity index (χ2v) is 6.99. The minimum atomic E-state index is -0.308. The molecule has 2 fully saturated rings. The van der Waals surface area contributed by atoms with Crippen LogP contribution >= 0.6 is 11.6 Å². The Morgan fingerprint density at radius 2 is 1.92 bits per heavy atom. The molecule has 0 unspecified atom stereocenters. The number of halogens is 1. The number of ether oxygens (including phenoxy) is 1. The van der Waals surface area contributed by atoms with Crippen LogP contribution in [0, 0.1) is 5.92 Å². The molecule has 26 heavy (non-hydrogen) atoms. The molecular formula is C19H18ClN3O3. The monoisotopic (exact) mass is 371 g/mol. The first-order valence-electron chi connectivity index (χ1n) is 8.51. The summed E-state index contributed by atoms with van der Waals surface area (Å²) >= 11 is 5.89. The number of benzene rings is 1. The van der Waals surface area contributed by atoms with Crippen molar-refractivity contribution in [2.45, 2.75) is 12.5 Å². The van der Waals surface area contributed by atoms with Gasteiger partial charge in [-0.2, -0.15) is 0 Å². The van der Waals surface area contributed by atoms with Crippen molar-refractivity contribution in [1.82, 2.24) is 9.88 Å². The van der Waals surface area contributed by atoms with E-state index in [0.717, 1.165) is 5.69 Å². The Bertz CT molecular complexity index is 807. The molecule has 2 aromatic rings. The average Bonchev–Trinajstić information content (AvgIpc) is 3.01. The SMILES string of the molecule is O=C([C@@H]1CC(=O)N(c2ccc(Cl)cc2)C1)N1CC(Oc2cccnc2)C1. The molecule has 0 aliphatic carbocycles. The zero-order valence-electron chi connectivity index (χ0n) is 14.0. The standard InChI is InChI=1S/C19H18ClN3O3/c20-14-3-5-15(6-4-14)23-10-13(8-18(23)24)19(25)22-11-17(12-22)26-16-2-1-7-21-9-16/h1-7,9,13,17H,8,10-12H2/t13-/m1/s1. The molecule has 1 aromatic heterocycles. The Labute approximate surface area is 156 Å². The van der Waals surface area contributed by atoms with E-state index in [-0.39, 0.29) is 30.3 Å². The lowest BCUT2D eigenvalue weighted by Crippen LogP contribution is -2.57. The molecule has 1 aromatic carbocycles. The van der Waals surface area contributed by atoms with E-state index in [9.17, 15) is 9.59 Å². The third-order valence-electron chi connectivity index (χ3n) is 4.71. The van der Waals surface area contributed by atoms with Gasteiger partial charge >= 0.3 is 0 Å². The van der Waals surface area contributed by atoms with Gasteiger partial charge in [-0.3, -0.25) is 14.6 Å². The first-order valence-corrected chi connectivity index (χ1v) is 8.89. The molecule has 0 saturated carbocycles. The number of likely N-dealkylation sites (tertiary alicyclic amines) is 1.